The largest absolute Gasteiger partial charge is 0.326 e. The molecule has 0 aliphatic heterocycles. The number of hydrogen-bond donors (Lipinski definition) is 0. The summed E-state index contributed by atoms with van der Waals surface area (Å²) in [7, 11) is 2.62. The van der Waals surface area contributed by atoms with Crippen LogP contribution in [-0.4, -0.2) is 31.2 Å². The lowest BCUT2D eigenvalue weighted by atomic mass is 10.0. The highest BCUT2D eigenvalue weighted by Gasteiger charge is 2.20. The normalized spacial score (nSPS) is 12.8. The molecule has 0 aromatic rings. The summed E-state index contributed by atoms with van der Waals surface area (Å²) >= 11 is 0. The van der Waals surface area contributed by atoms with Crippen molar-refractivity contribution in [3.63, 3.8) is 0 Å². The predicted octanol–water partition coefficient (Wildman–Crippen LogP) is 21.2. The van der Waals surface area contributed by atoms with Crippen molar-refractivity contribution in [2.75, 3.05) is 26.7 Å². The van der Waals surface area contributed by atoms with E-state index >= 15 is 0 Å². The van der Waals surface area contributed by atoms with E-state index in [0.717, 1.165) is 19.3 Å². The number of nitrogens with zero attached hydrogens (tertiary/aromatic N) is 1. The van der Waals surface area contributed by atoms with Gasteiger partial charge in [0, 0.05) is 0 Å². The number of rotatable bonds is 51. The summed E-state index contributed by atoms with van der Waals surface area (Å²) in [5.74, 6) is 0. The molecule has 0 N–H and O–H groups in total. The van der Waals surface area contributed by atoms with Gasteiger partial charge < -0.3 is 4.48 Å². The fourth-order valence-corrected chi connectivity index (χ4v) is 8.84. The molecule has 1 nitrogen and oxygen atoms in total. The van der Waals surface area contributed by atoms with Crippen LogP contribution < -0.4 is 0 Å². The van der Waals surface area contributed by atoms with Gasteiger partial charge in [0.1, 0.15) is 0 Å². The molecule has 0 aliphatic carbocycles. The van der Waals surface area contributed by atoms with E-state index in [0.29, 0.717) is 0 Å². The Morgan fingerprint density at radius 3 is 0.597 bits per heavy atom. The molecule has 0 aliphatic rings. The summed E-state index contributed by atoms with van der Waals surface area (Å²) < 4.78 is 1.34. The monoisotopic (exact) mass is 861 g/mol. The molecule has 0 bridgehead atoms. The van der Waals surface area contributed by atoms with E-state index in [9.17, 15) is 0 Å². The summed E-state index contributed by atoms with van der Waals surface area (Å²) in [5.41, 5.74) is 0. The van der Waals surface area contributed by atoms with Crippen molar-refractivity contribution in [1.29, 1.82) is 0 Å². The molecule has 362 valence electrons. The molecule has 62 heavy (non-hydrogen) atoms. The quantitative estimate of drug-likeness (QED) is 0.0325. The molecule has 0 rings (SSSR count). The van der Waals surface area contributed by atoms with Gasteiger partial charge in [0.05, 0.1) is 26.7 Å². The van der Waals surface area contributed by atoms with Crippen molar-refractivity contribution in [2.45, 2.75) is 290 Å². The molecule has 0 fully saturated rings. The number of unbranched alkanes of at least 4 members (excludes halogenated alkanes) is 33. The van der Waals surface area contributed by atoms with Gasteiger partial charge >= 0.3 is 0 Å². The molecule has 0 heterocycles. The average molecular weight is 862 g/mol. The summed E-state index contributed by atoms with van der Waals surface area (Å²) in [6.07, 6.45) is 86.0. The summed E-state index contributed by atoms with van der Waals surface area (Å²) in [6, 6.07) is 0. The lowest BCUT2D eigenvalue weighted by Gasteiger charge is -2.35. The Morgan fingerprint density at radius 2 is 0.387 bits per heavy atom. The smallest absolute Gasteiger partial charge is 0.0784 e. The first-order valence-electron chi connectivity index (χ1n) is 28.4. The lowest BCUT2D eigenvalue weighted by molar-refractivity contribution is -0.910. The van der Waals surface area contributed by atoms with Crippen LogP contribution in [0.15, 0.2) is 72.9 Å². The maximum Gasteiger partial charge on any atom is 0.0784 e. The molecule has 0 unspecified atom stereocenters. The topological polar surface area (TPSA) is 0 Å². The van der Waals surface area contributed by atoms with Crippen molar-refractivity contribution in [1.82, 2.24) is 0 Å². The maximum absolute atomic E-state index is 2.62. The van der Waals surface area contributed by atoms with Crippen LogP contribution in [0.4, 0.5) is 0 Å². The second-order valence-corrected chi connectivity index (χ2v) is 19.7. The maximum atomic E-state index is 2.62. The molecule has 0 spiro atoms. The van der Waals surface area contributed by atoms with Gasteiger partial charge in [0.15, 0.2) is 0 Å². The van der Waals surface area contributed by atoms with Gasteiger partial charge in [0.2, 0.25) is 0 Å². The minimum absolute atomic E-state index is 1.12. The molecular formula is C61H114N+. The van der Waals surface area contributed by atoms with Crippen molar-refractivity contribution in [3.05, 3.63) is 72.9 Å². The first-order valence-corrected chi connectivity index (χ1v) is 28.4. The van der Waals surface area contributed by atoms with E-state index in [1.54, 1.807) is 0 Å². The Hall–Kier alpha value is -1.60. The third-order valence-corrected chi connectivity index (χ3v) is 13.2. The third-order valence-electron chi connectivity index (χ3n) is 13.2. The van der Waals surface area contributed by atoms with Gasteiger partial charge in [-0.2, -0.15) is 0 Å². The van der Waals surface area contributed by atoms with E-state index in [2.05, 4.69) is 101 Å². The van der Waals surface area contributed by atoms with Crippen LogP contribution in [0.5, 0.6) is 0 Å². The molecule has 0 amide bonds. The Morgan fingerprint density at radius 1 is 0.210 bits per heavy atom. The van der Waals surface area contributed by atoms with Gasteiger partial charge in [-0.25, -0.2) is 0 Å². The van der Waals surface area contributed by atoms with E-state index in [1.165, 1.54) is 275 Å². The molecule has 0 atom stereocenters. The molecule has 0 aromatic carbocycles. The average Bonchev–Trinajstić information content (AvgIpc) is 3.28. The van der Waals surface area contributed by atoms with Crippen LogP contribution in [-0.2, 0) is 0 Å². The first kappa shape index (κ1) is 60.4. The van der Waals surface area contributed by atoms with Crippen molar-refractivity contribution >= 4 is 0 Å². The van der Waals surface area contributed by atoms with Gasteiger partial charge in [-0.3, -0.25) is 0 Å². The minimum Gasteiger partial charge on any atom is -0.326 e. The van der Waals surface area contributed by atoms with Gasteiger partial charge in [-0.15, -0.1) is 0 Å². The van der Waals surface area contributed by atoms with Crippen LogP contribution in [0.3, 0.4) is 0 Å². The summed E-state index contributed by atoms with van der Waals surface area (Å²) in [5, 5.41) is 0. The Kier molecular flexibility index (Phi) is 52.4. The van der Waals surface area contributed by atoms with Crippen LogP contribution in [0.2, 0.25) is 0 Å². The van der Waals surface area contributed by atoms with E-state index in [1.807, 2.05) is 0 Å². The highest BCUT2D eigenvalue weighted by atomic mass is 15.3. The highest BCUT2D eigenvalue weighted by molar-refractivity contribution is 4.94. The summed E-state index contributed by atoms with van der Waals surface area (Å²) in [6.45, 7) is 11.1. The zero-order valence-corrected chi connectivity index (χ0v) is 43.2. The second-order valence-electron chi connectivity index (χ2n) is 19.7. The number of hydrogen-bond acceptors (Lipinski definition) is 0. The number of quaternary nitrogens is 1. The SMILES string of the molecule is CCCCCC=CCC=CCCCCCCCCCC[N+](C)(CCCCCCCCCC/C=C\C/C=C\CCCCC)CCCCCCCCCC/C=C\C/C=C\CCCCC. The lowest BCUT2D eigenvalue weighted by Crippen LogP contribution is -2.46. The van der Waals surface area contributed by atoms with Crippen LogP contribution >= 0.6 is 0 Å². The summed E-state index contributed by atoms with van der Waals surface area (Å²) in [4.78, 5) is 0. The van der Waals surface area contributed by atoms with Gasteiger partial charge in [0.25, 0.3) is 0 Å². The fraction of sp³-hybridized carbons (Fsp3) is 0.803. The molecule has 0 radical (unpaired) electrons. The molecule has 1 heteroatoms. The molecular weight excluding hydrogens is 747 g/mol. The zero-order chi connectivity index (χ0) is 44.8. The van der Waals surface area contributed by atoms with Crippen molar-refractivity contribution in [2.24, 2.45) is 0 Å². The minimum atomic E-state index is 1.12. The first-order chi connectivity index (χ1) is 30.7. The van der Waals surface area contributed by atoms with Crippen LogP contribution in [0.1, 0.15) is 290 Å². The van der Waals surface area contributed by atoms with E-state index in [-0.39, 0.29) is 0 Å². The van der Waals surface area contributed by atoms with Crippen LogP contribution in [0, 0.1) is 0 Å². The van der Waals surface area contributed by atoms with E-state index in [4.69, 9.17) is 0 Å². The van der Waals surface area contributed by atoms with E-state index < -0.39 is 0 Å². The third kappa shape index (κ3) is 51.0. The molecule has 0 saturated carbocycles. The standard InChI is InChI=1S/C61H114N/c1-5-8-11-14-17-20-23-26-29-32-35-38-41-44-47-50-53-56-59-62(4,60-57-54-51-48-45-42-39-36-33-30-27-24-21-18-15-12-9-6-2)61-58-55-52-49-46-43-40-37-34-31-28-25-22-19-16-13-10-7-3/h17-22,26-31H,5-16,23-25,32-61H2,1-4H3/q+1/b20-17-,21-18-,22-19?,29-26-,30-27-,31-28?. The van der Waals surface area contributed by atoms with Crippen molar-refractivity contribution < 1.29 is 4.48 Å². The Bertz CT molecular complexity index is 882. The highest BCUT2D eigenvalue weighted by Crippen LogP contribution is 2.18. The Balaban J connectivity index is 4.23. The fourth-order valence-electron chi connectivity index (χ4n) is 8.84. The molecule has 0 aromatic heterocycles. The zero-order valence-electron chi connectivity index (χ0n) is 43.2. The second kappa shape index (κ2) is 53.7. The van der Waals surface area contributed by atoms with Gasteiger partial charge in [-0.1, -0.05) is 229 Å². The number of allylic oxidation sites excluding steroid dienone is 12. The van der Waals surface area contributed by atoms with Crippen LogP contribution in [0.25, 0.3) is 0 Å². The predicted molar refractivity (Wildman–Crippen MR) is 287 cm³/mol. The molecule has 0 saturated heterocycles. The van der Waals surface area contributed by atoms with Gasteiger partial charge in [-0.05, 0) is 135 Å². The Labute approximate surface area is 392 Å². The van der Waals surface area contributed by atoms with Crippen molar-refractivity contribution in [3.8, 4) is 0 Å².